The topological polar surface area (TPSA) is 24.1 Å². The second-order valence-electron chi connectivity index (χ2n) is 2.94. The standard InChI is InChI=1S/C9H12N2/c1-7-2-3-8-5-10-6-11-9(8)4-7/h2-4,10-11H,5-6H2,1H3. The Morgan fingerprint density at radius 1 is 1.36 bits per heavy atom. The fourth-order valence-electron chi connectivity index (χ4n) is 1.36. The Kier molecular flexibility index (Phi) is 1.55. The number of hydrogen-bond donors (Lipinski definition) is 2. The summed E-state index contributed by atoms with van der Waals surface area (Å²) in [6, 6.07) is 6.51. The molecule has 1 heterocycles. The molecule has 0 fully saturated rings. The third-order valence-electron chi connectivity index (χ3n) is 1.98. The van der Waals surface area contributed by atoms with Gasteiger partial charge in [-0.25, -0.2) is 0 Å². The lowest BCUT2D eigenvalue weighted by molar-refractivity contribution is 0.709. The van der Waals surface area contributed by atoms with Crippen LogP contribution in [0.25, 0.3) is 0 Å². The summed E-state index contributed by atoms with van der Waals surface area (Å²) in [5, 5.41) is 6.54. The fraction of sp³-hybridized carbons (Fsp3) is 0.333. The van der Waals surface area contributed by atoms with Crippen LogP contribution in [0.3, 0.4) is 0 Å². The quantitative estimate of drug-likeness (QED) is 0.582. The van der Waals surface area contributed by atoms with Gasteiger partial charge >= 0.3 is 0 Å². The van der Waals surface area contributed by atoms with Gasteiger partial charge in [0, 0.05) is 12.2 Å². The maximum atomic E-state index is 3.29. The summed E-state index contributed by atoms with van der Waals surface area (Å²) in [6.45, 7) is 3.99. The highest BCUT2D eigenvalue weighted by Gasteiger charge is 2.05. The second-order valence-corrected chi connectivity index (χ2v) is 2.94. The Morgan fingerprint density at radius 2 is 2.27 bits per heavy atom. The van der Waals surface area contributed by atoms with E-state index in [2.05, 4.69) is 35.8 Å². The molecule has 11 heavy (non-hydrogen) atoms. The molecule has 1 aliphatic heterocycles. The highest BCUT2D eigenvalue weighted by molar-refractivity contribution is 5.54. The Labute approximate surface area is 66.6 Å². The van der Waals surface area contributed by atoms with Crippen LogP contribution in [0.15, 0.2) is 18.2 Å². The van der Waals surface area contributed by atoms with Gasteiger partial charge in [0.25, 0.3) is 0 Å². The van der Waals surface area contributed by atoms with Crippen LogP contribution in [-0.4, -0.2) is 6.67 Å². The number of fused-ring (bicyclic) bond motifs is 1. The molecule has 0 amide bonds. The van der Waals surface area contributed by atoms with Crippen LogP contribution < -0.4 is 10.6 Å². The Hall–Kier alpha value is -1.02. The molecule has 0 atom stereocenters. The van der Waals surface area contributed by atoms with Crippen molar-refractivity contribution >= 4 is 5.69 Å². The first-order chi connectivity index (χ1) is 5.36. The first-order valence-corrected chi connectivity index (χ1v) is 3.90. The van der Waals surface area contributed by atoms with E-state index in [9.17, 15) is 0 Å². The molecule has 1 aliphatic rings. The van der Waals surface area contributed by atoms with Crippen LogP contribution in [0.2, 0.25) is 0 Å². The number of nitrogens with one attached hydrogen (secondary N) is 2. The molecule has 0 aliphatic carbocycles. The summed E-state index contributed by atoms with van der Waals surface area (Å²) in [4.78, 5) is 0. The van der Waals surface area contributed by atoms with E-state index in [0.717, 1.165) is 13.2 Å². The summed E-state index contributed by atoms with van der Waals surface area (Å²) in [5.41, 5.74) is 3.96. The van der Waals surface area contributed by atoms with E-state index in [0.29, 0.717) is 0 Å². The van der Waals surface area contributed by atoms with Gasteiger partial charge < -0.3 is 5.32 Å². The van der Waals surface area contributed by atoms with Crippen molar-refractivity contribution in [3.8, 4) is 0 Å². The lowest BCUT2D eigenvalue weighted by Gasteiger charge is -2.19. The van der Waals surface area contributed by atoms with Crippen molar-refractivity contribution in [2.45, 2.75) is 13.5 Å². The van der Waals surface area contributed by atoms with Gasteiger partial charge in [0.2, 0.25) is 0 Å². The molecule has 0 unspecified atom stereocenters. The van der Waals surface area contributed by atoms with E-state index in [4.69, 9.17) is 0 Å². The summed E-state index contributed by atoms with van der Waals surface area (Å²) >= 11 is 0. The van der Waals surface area contributed by atoms with Crippen molar-refractivity contribution in [1.29, 1.82) is 0 Å². The molecule has 2 heteroatoms. The first-order valence-electron chi connectivity index (χ1n) is 3.90. The van der Waals surface area contributed by atoms with Gasteiger partial charge in [-0.2, -0.15) is 0 Å². The molecule has 2 N–H and O–H groups in total. The Bertz CT molecular complexity index is 268. The summed E-state index contributed by atoms with van der Waals surface area (Å²) in [6.07, 6.45) is 0. The zero-order valence-corrected chi connectivity index (χ0v) is 6.65. The molecule has 0 saturated carbocycles. The highest BCUT2D eigenvalue weighted by Crippen LogP contribution is 2.18. The molecule has 1 aromatic rings. The van der Waals surface area contributed by atoms with Gasteiger partial charge in [-0.05, 0) is 24.1 Å². The molecule has 0 bridgehead atoms. The van der Waals surface area contributed by atoms with Gasteiger partial charge in [-0.1, -0.05) is 12.1 Å². The summed E-state index contributed by atoms with van der Waals surface area (Å²) < 4.78 is 0. The van der Waals surface area contributed by atoms with Gasteiger partial charge in [0.15, 0.2) is 0 Å². The van der Waals surface area contributed by atoms with E-state index in [1.165, 1.54) is 16.8 Å². The molecule has 1 aromatic carbocycles. The lowest BCUT2D eigenvalue weighted by atomic mass is 10.1. The van der Waals surface area contributed by atoms with E-state index >= 15 is 0 Å². The zero-order valence-electron chi connectivity index (χ0n) is 6.65. The highest BCUT2D eigenvalue weighted by atomic mass is 15.1. The SMILES string of the molecule is Cc1ccc2c(c1)NCNC2. The van der Waals surface area contributed by atoms with Crippen LogP contribution in [0, 0.1) is 6.92 Å². The fourth-order valence-corrected chi connectivity index (χ4v) is 1.36. The average Bonchev–Trinajstić information content (AvgIpc) is 2.04. The van der Waals surface area contributed by atoms with Gasteiger partial charge in [0.1, 0.15) is 0 Å². The summed E-state index contributed by atoms with van der Waals surface area (Å²) in [7, 11) is 0. The predicted octanol–water partition coefficient (Wildman–Crippen LogP) is 1.47. The first kappa shape index (κ1) is 6.68. The molecule has 0 radical (unpaired) electrons. The summed E-state index contributed by atoms with van der Waals surface area (Å²) in [5.74, 6) is 0. The van der Waals surface area contributed by atoms with E-state index in [1.54, 1.807) is 0 Å². The monoisotopic (exact) mass is 148 g/mol. The van der Waals surface area contributed by atoms with Crippen molar-refractivity contribution < 1.29 is 0 Å². The number of rotatable bonds is 0. The molecule has 0 saturated heterocycles. The molecule has 58 valence electrons. The van der Waals surface area contributed by atoms with E-state index in [-0.39, 0.29) is 0 Å². The van der Waals surface area contributed by atoms with Crippen LogP contribution >= 0.6 is 0 Å². The number of anilines is 1. The number of benzene rings is 1. The van der Waals surface area contributed by atoms with E-state index in [1.807, 2.05) is 0 Å². The molecule has 0 aromatic heterocycles. The normalized spacial score (nSPS) is 15.4. The smallest absolute Gasteiger partial charge is 0.0655 e. The third kappa shape index (κ3) is 1.21. The maximum absolute atomic E-state index is 3.29. The lowest BCUT2D eigenvalue weighted by Crippen LogP contribution is -2.27. The van der Waals surface area contributed by atoms with Gasteiger partial charge in [-0.15, -0.1) is 0 Å². The van der Waals surface area contributed by atoms with Crippen molar-refractivity contribution in [2.24, 2.45) is 0 Å². The molecule has 2 nitrogen and oxygen atoms in total. The van der Waals surface area contributed by atoms with Gasteiger partial charge in [-0.3, -0.25) is 5.32 Å². The zero-order chi connectivity index (χ0) is 7.68. The van der Waals surface area contributed by atoms with Crippen LogP contribution in [-0.2, 0) is 6.54 Å². The molecule has 2 rings (SSSR count). The number of hydrogen-bond acceptors (Lipinski definition) is 2. The van der Waals surface area contributed by atoms with Crippen LogP contribution in [0.5, 0.6) is 0 Å². The van der Waals surface area contributed by atoms with Crippen LogP contribution in [0.1, 0.15) is 11.1 Å². The predicted molar refractivity (Wildman–Crippen MR) is 46.5 cm³/mol. The number of aryl methyl sites for hydroxylation is 1. The maximum Gasteiger partial charge on any atom is 0.0655 e. The second kappa shape index (κ2) is 2.55. The van der Waals surface area contributed by atoms with Crippen molar-refractivity contribution in [3.63, 3.8) is 0 Å². The van der Waals surface area contributed by atoms with Gasteiger partial charge in [0.05, 0.1) is 6.67 Å². The molecular weight excluding hydrogens is 136 g/mol. The van der Waals surface area contributed by atoms with Crippen molar-refractivity contribution in [3.05, 3.63) is 29.3 Å². The largest absolute Gasteiger partial charge is 0.372 e. The van der Waals surface area contributed by atoms with Crippen LogP contribution in [0.4, 0.5) is 5.69 Å². The average molecular weight is 148 g/mol. The third-order valence-corrected chi connectivity index (χ3v) is 1.98. The Balaban J connectivity index is 2.43. The minimum Gasteiger partial charge on any atom is -0.372 e. The Morgan fingerprint density at radius 3 is 3.18 bits per heavy atom. The van der Waals surface area contributed by atoms with E-state index < -0.39 is 0 Å². The minimum absolute atomic E-state index is 0.885. The molecular formula is C9H12N2. The minimum atomic E-state index is 0.885. The van der Waals surface area contributed by atoms with Crippen molar-refractivity contribution in [2.75, 3.05) is 12.0 Å². The van der Waals surface area contributed by atoms with Crippen molar-refractivity contribution in [1.82, 2.24) is 5.32 Å². The molecule has 0 spiro atoms.